The Kier molecular flexibility index (Phi) is 3.53. The molecule has 0 spiro atoms. The third-order valence-corrected chi connectivity index (χ3v) is 3.70. The molecule has 21 heavy (non-hydrogen) atoms. The van der Waals surface area contributed by atoms with Gasteiger partial charge in [0, 0.05) is 16.7 Å². The van der Waals surface area contributed by atoms with Gasteiger partial charge in [-0.25, -0.2) is 0 Å². The standard InChI is InChI=1S/C15H11ClN2O2S/c1-8-2-3-9(6-11(8)16)13-5-4-10(20-13)7-12-14(19)18-15(21)17-12/h2-7H,1H3,(H2,17,18,19,21). The normalized spacial score (nSPS) is 16.2. The summed E-state index contributed by atoms with van der Waals surface area (Å²) >= 11 is 11.0. The molecule has 0 radical (unpaired) electrons. The molecule has 1 fully saturated rings. The lowest BCUT2D eigenvalue weighted by molar-refractivity contribution is -0.115. The predicted octanol–water partition coefficient (Wildman–Crippen LogP) is 3.25. The first-order valence-corrected chi connectivity index (χ1v) is 7.02. The van der Waals surface area contributed by atoms with Crippen LogP contribution < -0.4 is 10.6 Å². The highest BCUT2D eigenvalue weighted by molar-refractivity contribution is 7.80. The van der Waals surface area contributed by atoms with Gasteiger partial charge in [-0.05, 0) is 42.9 Å². The average molecular weight is 319 g/mol. The second-order valence-electron chi connectivity index (χ2n) is 4.63. The monoisotopic (exact) mass is 318 g/mol. The molecule has 1 aromatic carbocycles. The lowest BCUT2D eigenvalue weighted by Gasteiger charge is -2.00. The number of halogens is 1. The fourth-order valence-corrected chi connectivity index (χ4v) is 2.34. The van der Waals surface area contributed by atoms with Crippen LogP contribution in [-0.2, 0) is 4.79 Å². The molecule has 2 aromatic rings. The van der Waals surface area contributed by atoms with Gasteiger partial charge in [0.15, 0.2) is 5.11 Å². The van der Waals surface area contributed by atoms with E-state index in [0.717, 1.165) is 11.1 Å². The van der Waals surface area contributed by atoms with E-state index in [-0.39, 0.29) is 5.91 Å². The summed E-state index contributed by atoms with van der Waals surface area (Å²) in [7, 11) is 0. The Labute approximate surface area is 131 Å². The van der Waals surface area contributed by atoms with E-state index in [0.29, 0.717) is 27.4 Å². The average Bonchev–Trinajstić information content (AvgIpc) is 3.01. The summed E-state index contributed by atoms with van der Waals surface area (Å²) < 4.78 is 5.71. The summed E-state index contributed by atoms with van der Waals surface area (Å²) in [6.45, 7) is 1.94. The number of hydrogen-bond acceptors (Lipinski definition) is 3. The summed E-state index contributed by atoms with van der Waals surface area (Å²) in [4.78, 5) is 11.6. The molecule has 0 aliphatic carbocycles. The summed E-state index contributed by atoms with van der Waals surface area (Å²) in [5.41, 5.74) is 2.26. The van der Waals surface area contributed by atoms with Crippen LogP contribution in [0.5, 0.6) is 0 Å². The van der Waals surface area contributed by atoms with Crippen molar-refractivity contribution < 1.29 is 9.21 Å². The highest BCUT2D eigenvalue weighted by atomic mass is 35.5. The van der Waals surface area contributed by atoms with Crippen LogP contribution in [0.4, 0.5) is 0 Å². The molecule has 1 aromatic heterocycles. The summed E-state index contributed by atoms with van der Waals surface area (Å²) in [6.07, 6.45) is 1.61. The lowest BCUT2D eigenvalue weighted by atomic mass is 10.1. The van der Waals surface area contributed by atoms with Crippen LogP contribution in [0.15, 0.2) is 40.4 Å². The van der Waals surface area contributed by atoms with E-state index in [2.05, 4.69) is 10.6 Å². The van der Waals surface area contributed by atoms with Gasteiger partial charge in [0.2, 0.25) is 0 Å². The number of hydrogen-bond donors (Lipinski definition) is 2. The Balaban J connectivity index is 1.90. The van der Waals surface area contributed by atoms with Gasteiger partial charge in [0.25, 0.3) is 5.91 Å². The van der Waals surface area contributed by atoms with Crippen LogP contribution in [0.3, 0.4) is 0 Å². The van der Waals surface area contributed by atoms with Crippen molar-refractivity contribution in [3.63, 3.8) is 0 Å². The SMILES string of the molecule is Cc1ccc(-c2ccc(C=C3NC(=S)NC3=O)o2)cc1Cl. The summed E-state index contributed by atoms with van der Waals surface area (Å²) in [6, 6.07) is 9.34. The predicted molar refractivity (Wildman–Crippen MR) is 85.7 cm³/mol. The Bertz CT molecular complexity index is 780. The van der Waals surface area contributed by atoms with Crippen molar-refractivity contribution in [1.29, 1.82) is 0 Å². The molecule has 1 amide bonds. The van der Waals surface area contributed by atoms with Crippen molar-refractivity contribution in [2.75, 3.05) is 0 Å². The first-order valence-electron chi connectivity index (χ1n) is 6.23. The maximum atomic E-state index is 11.6. The van der Waals surface area contributed by atoms with Gasteiger partial charge in [-0.3, -0.25) is 10.1 Å². The van der Waals surface area contributed by atoms with Crippen LogP contribution >= 0.6 is 23.8 Å². The number of furan rings is 1. The highest BCUT2D eigenvalue weighted by Crippen LogP contribution is 2.27. The molecule has 3 rings (SSSR count). The molecular formula is C15H11ClN2O2S. The minimum absolute atomic E-state index is 0.267. The number of aryl methyl sites for hydroxylation is 1. The largest absolute Gasteiger partial charge is 0.457 e. The van der Waals surface area contributed by atoms with Crippen LogP contribution in [0.1, 0.15) is 11.3 Å². The molecule has 2 heterocycles. The van der Waals surface area contributed by atoms with E-state index in [1.807, 2.05) is 31.2 Å². The zero-order valence-electron chi connectivity index (χ0n) is 11.1. The molecule has 0 bridgehead atoms. The minimum atomic E-state index is -0.267. The third kappa shape index (κ3) is 2.84. The van der Waals surface area contributed by atoms with E-state index < -0.39 is 0 Å². The first kappa shape index (κ1) is 13.9. The Morgan fingerprint density at radius 1 is 1.24 bits per heavy atom. The van der Waals surface area contributed by atoms with Gasteiger partial charge in [-0.2, -0.15) is 0 Å². The maximum absolute atomic E-state index is 11.6. The number of carbonyl (C=O) groups excluding carboxylic acids is 1. The molecule has 6 heteroatoms. The van der Waals surface area contributed by atoms with Crippen molar-refractivity contribution in [1.82, 2.24) is 10.6 Å². The smallest absolute Gasteiger partial charge is 0.274 e. The highest BCUT2D eigenvalue weighted by Gasteiger charge is 2.20. The molecule has 0 saturated carbocycles. The molecule has 1 saturated heterocycles. The van der Waals surface area contributed by atoms with E-state index in [1.54, 1.807) is 12.1 Å². The van der Waals surface area contributed by atoms with Crippen molar-refractivity contribution >= 4 is 40.9 Å². The van der Waals surface area contributed by atoms with Crippen LogP contribution in [0, 0.1) is 6.92 Å². The summed E-state index contributed by atoms with van der Waals surface area (Å²) in [5, 5.41) is 6.24. The summed E-state index contributed by atoms with van der Waals surface area (Å²) in [5.74, 6) is 0.977. The van der Waals surface area contributed by atoms with Gasteiger partial charge >= 0.3 is 0 Å². The van der Waals surface area contributed by atoms with E-state index in [4.69, 9.17) is 28.2 Å². The van der Waals surface area contributed by atoms with Gasteiger partial charge in [0.05, 0.1) is 0 Å². The molecule has 0 unspecified atom stereocenters. The molecular weight excluding hydrogens is 308 g/mol. The fraction of sp³-hybridized carbons (Fsp3) is 0.0667. The second kappa shape index (κ2) is 5.35. The van der Waals surface area contributed by atoms with Gasteiger partial charge in [-0.15, -0.1) is 0 Å². The van der Waals surface area contributed by atoms with Crippen LogP contribution in [0.25, 0.3) is 17.4 Å². The van der Waals surface area contributed by atoms with E-state index in [9.17, 15) is 4.79 Å². The number of benzene rings is 1. The third-order valence-electron chi connectivity index (χ3n) is 3.09. The number of amides is 1. The quantitative estimate of drug-likeness (QED) is 0.659. The van der Waals surface area contributed by atoms with Gasteiger partial charge in [-0.1, -0.05) is 23.7 Å². The zero-order valence-corrected chi connectivity index (χ0v) is 12.6. The van der Waals surface area contributed by atoms with E-state index >= 15 is 0 Å². The Morgan fingerprint density at radius 2 is 2.05 bits per heavy atom. The number of thiocarbonyl (C=S) groups is 1. The number of carbonyl (C=O) groups is 1. The van der Waals surface area contributed by atoms with Crippen molar-refractivity contribution in [2.45, 2.75) is 6.92 Å². The molecule has 0 atom stereocenters. The zero-order chi connectivity index (χ0) is 15.0. The minimum Gasteiger partial charge on any atom is -0.457 e. The van der Waals surface area contributed by atoms with Crippen molar-refractivity contribution in [3.05, 3.63) is 52.4 Å². The first-order chi connectivity index (χ1) is 10.0. The lowest BCUT2D eigenvalue weighted by Crippen LogP contribution is -2.21. The Hall–Kier alpha value is -2.11. The van der Waals surface area contributed by atoms with Crippen molar-refractivity contribution in [3.8, 4) is 11.3 Å². The van der Waals surface area contributed by atoms with Crippen LogP contribution in [0.2, 0.25) is 5.02 Å². The molecule has 4 nitrogen and oxygen atoms in total. The fourth-order valence-electron chi connectivity index (χ4n) is 1.96. The number of rotatable bonds is 2. The van der Waals surface area contributed by atoms with Crippen LogP contribution in [-0.4, -0.2) is 11.0 Å². The molecule has 1 aliphatic heterocycles. The van der Waals surface area contributed by atoms with Crippen molar-refractivity contribution in [2.24, 2.45) is 0 Å². The topological polar surface area (TPSA) is 54.3 Å². The van der Waals surface area contributed by atoms with Gasteiger partial charge < -0.3 is 9.73 Å². The maximum Gasteiger partial charge on any atom is 0.274 e. The Morgan fingerprint density at radius 3 is 2.71 bits per heavy atom. The molecule has 2 N–H and O–H groups in total. The molecule has 1 aliphatic rings. The second-order valence-corrected chi connectivity index (χ2v) is 5.45. The van der Waals surface area contributed by atoms with Gasteiger partial charge in [0.1, 0.15) is 17.2 Å². The molecule has 106 valence electrons. The number of nitrogens with one attached hydrogen (secondary N) is 2. The van der Waals surface area contributed by atoms with E-state index in [1.165, 1.54) is 0 Å².